The second kappa shape index (κ2) is 16.0. The lowest BCUT2D eigenvalue weighted by Crippen LogP contribution is -2.40. The number of nitrogens with zero attached hydrogens (tertiary/aromatic N) is 3. The third kappa shape index (κ3) is 11.9. The highest BCUT2D eigenvalue weighted by Crippen LogP contribution is 2.07. The van der Waals surface area contributed by atoms with Gasteiger partial charge in [0, 0.05) is 38.8 Å². The molecule has 0 bridgehead atoms. The van der Waals surface area contributed by atoms with Crippen LogP contribution in [0, 0.1) is 0 Å². The second-order valence-electron chi connectivity index (χ2n) is 7.75. The molecular formula is C22H42IN5. The van der Waals surface area contributed by atoms with Gasteiger partial charge in [0.1, 0.15) is 0 Å². The van der Waals surface area contributed by atoms with Crippen molar-refractivity contribution in [1.29, 1.82) is 0 Å². The summed E-state index contributed by atoms with van der Waals surface area (Å²) >= 11 is 0. The maximum Gasteiger partial charge on any atom is 0.190 e. The first kappa shape index (κ1) is 27.1. The van der Waals surface area contributed by atoms with Crippen LogP contribution in [-0.2, 0) is 6.54 Å². The first-order valence-electron chi connectivity index (χ1n) is 10.3. The summed E-state index contributed by atoms with van der Waals surface area (Å²) < 4.78 is 0. The van der Waals surface area contributed by atoms with Crippen LogP contribution in [0.25, 0.3) is 0 Å². The van der Waals surface area contributed by atoms with Gasteiger partial charge in [-0.05, 0) is 66.2 Å². The predicted molar refractivity (Wildman–Crippen MR) is 134 cm³/mol. The van der Waals surface area contributed by atoms with Crippen LogP contribution in [0.15, 0.2) is 35.3 Å². The van der Waals surface area contributed by atoms with E-state index in [1.807, 2.05) is 7.05 Å². The first-order chi connectivity index (χ1) is 12.9. The van der Waals surface area contributed by atoms with E-state index in [0.717, 1.165) is 45.0 Å². The van der Waals surface area contributed by atoms with Gasteiger partial charge < -0.3 is 15.5 Å². The average Bonchev–Trinajstić information content (AvgIpc) is 2.66. The van der Waals surface area contributed by atoms with Gasteiger partial charge >= 0.3 is 0 Å². The van der Waals surface area contributed by atoms with E-state index in [-0.39, 0.29) is 24.0 Å². The number of halogens is 1. The molecule has 5 nitrogen and oxygen atoms in total. The van der Waals surface area contributed by atoms with E-state index >= 15 is 0 Å². The molecule has 28 heavy (non-hydrogen) atoms. The minimum Gasteiger partial charge on any atom is -0.356 e. The van der Waals surface area contributed by atoms with Crippen LogP contribution < -0.4 is 10.6 Å². The fourth-order valence-corrected chi connectivity index (χ4v) is 2.82. The number of aliphatic imine (C=N–C) groups is 1. The quantitative estimate of drug-likeness (QED) is 0.197. The van der Waals surface area contributed by atoms with Crippen molar-refractivity contribution in [3.05, 3.63) is 35.9 Å². The van der Waals surface area contributed by atoms with Crippen LogP contribution in [0.3, 0.4) is 0 Å². The van der Waals surface area contributed by atoms with Gasteiger partial charge in [0.2, 0.25) is 0 Å². The highest BCUT2D eigenvalue weighted by Gasteiger charge is 2.09. The van der Waals surface area contributed by atoms with Crippen molar-refractivity contribution in [2.45, 2.75) is 58.7 Å². The Morgan fingerprint density at radius 2 is 1.61 bits per heavy atom. The van der Waals surface area contributed by atoms with Gasteiger partial charge in [0.15, 0.2) is 5.96 Å². The number of nitrogens with one attached hydrogen (secondary N) is 2. The van der Waals surface area contributed by atoms with Gasteiger partial charge in [-0.3, -0.25) is 9.89 Å². The molecule has 1 rings (SSSR count). The molecule has 0 amide bonds. The van der Waals surface area contributed by atoms with Crippen molar-refractivity contribution < 1.29 is 0 Å². The molecule has 1 aromatic rings. The smallest absolute Gasteiger partial charge is 0.190 e. The lowest BCUT2D eigenvalue weighted by molar-refractivity contribution is 0.238. The van der Waals surface area contributed by atoms with Gasteiger partial charge in [0.05, 0.1) is 0 Å². The average molecular weight is 504 g/mol. The summed E-state index contributed by atoms with van der Waals surface area (Å²) in [6.45, 7) is 10.8. The topological polar surface area (TPSA) is 42.9 Å². The standard InChI is InChI=1S/C22H41N5.HI/c1-19(2)26(5)17-11-10-15-24-22(23-4)25-16-14-20(3)27(6)18-21-12-8-7-9-13-21;/h7-9,12-13,19-20H,10-11,14-18H2,1-6H3,(H2,23,24,25);1H. The minimum atomic E-state index is 0. The van der Waals surface area contributed by atoms with Crippen molar-refractivity contribution in [2.24, 2.45) is 4.99 Å². The van der Waals surface area contributed by atoms with Crippen molar-refractivity contribution in [3.63, 3.8) is 0 Å². The van der Waals surface area contributed by atoms with Crippen LogP contribution in [0.2, 0.25) is 0 Å². The van der Waals surface area contributed by atoms with Crippen molar-refractivity contribution in [1.82, 2.24) is 20.4 Å². The van der Waals surface area contributed by atoms with E-state index in [4.69, 9.17) is 0 Å². The molecule has 0 aliphatic carbocycles. The Hall–Kier alpha value is -0.860. The molecule has 1 aromatic carbocycles. The number of rotatable bonds is 12. The van der Waals surface area contributed by atoms with Crippen molar-refractivity contribution in [3.8, 4) is 0 Å². The number of hydrogen-bond acceptors (Lipinski definition) is 3. The molecule has 0 aliphatic rings. The van der Waals surface area contributed by atoms with E-state index in [0.29, 0.717) is 12.1 Å². The molecule has 0 fully saturated rings. The third-order valence-electron chi connectivity index (χ3n) is 5.22. The highest BCUT2D eigenvalue weighted by molar-refractivity contribution is 14.0. The molecule has 0 spiro atoms. The molecule has 0 aromatic heterocycles. The Kier molecular flexibility index (Phi) is 15.5. The molecule has 0 aliphatic heterocycles. The molecule has 2 N–H and O–H groups in total. The third-order valence-corrected chi connectivity index (χ3v) is 5.22. The zero-order chi connectivity index (χ0) is 20.1. The maximum absolute atomic E-state index is 4.33. The number of benzene rings is 1. The van der Waals surface area contributed by atoms with Gasteiger partial charge in [-0.1, -0.05) is 30.3 Å². The normalized spacial score (nSPS) is 13.0. The Bertz CT molecular complexity index is 521. The van der Waals surface area contributed by atoms with Gasteiger partial charge in [-0.25, -0.2) is 0 Å². The van der Waals surface area contributed by atoms with Crippen LogP contribution in [0.5, 0.6) is 0 Å². The lowest BCUT2D eigenvalue weighted by Gasteiger charge is -2.25. The van der Waals surface area contributed by atoms with Gasteiger partial charge in [-0.2, -0.15) is 0 Å². The van der Waals surface area contributed by atoms with E-state index in [1.165, 1.54) is 12.0 Å². The lowest BCUT2D eigenvalue weighted by atomic mass is 10.1. The summed E-state index contributed by atoms with van der Waals surface area (Å²) in [5, 5.41) is 6.86. The zero-order valence-corrected chi connectivity index (χ0v) is 21.1. The zero-order valence-electron chi connectivity index (χ0n) is 18.7. The monoisotopic (exact) mass is 503 g/mol. The molecule has 6 heteroatoms. The first-order valence-corrected chi connectivity index (χ1v) is 10.3. The number of guanidine groups is 1. The fraction of sp³-hybridized carbons (Fsp3) is 0.682. The van der Waals surface area contributed by atoms with E-state index in [9.17, 15) is 0 Å². The van der Waals surface area contributed by atoms with E-state index in [1.54, 1.807) is 0 Å². The summed E-state index contributed by atoms with van der Waals surface area (Å²) in [4.78, 5) is 9.12. The number of unbranched alkanes of at least 4 members (excludes halogenated alkanes) is 1. The summed E-state index contributed by atoms with van der Waals surface area (Å²) in [5.41, 5.74) is 1.36. The fourth-order valence-electron chi connectivity index (χ4n) is 2.82. The van der Waals surface area contributed by atoms with Crippen LogP contribution in [0.4, 0.5) is 0 Å². The molecule has 0 heterocycles. The summed E-state index contributed by atoms with van der Waals surface area (Å²) in [6, 6.07) is 11.8. The highest BCUT2D eigenvalue weighted by atomic mass is 127. The largest absolute Gasteiger partial charge is 0.356 e. The van der Waals surface area contributed by atoms with Crippen molar-refractivity contribution in [2.75, 3.05) is 40.8 Å². The summed E-state index contributed by atoms with van der Waals surface area (Å²) in [5.74, 6) is 0.908. The predicted octanol–water partition coefficient (Wildman–Crippen LogP) is 3.80. The minimum absolute atomic E-state index is 0. The van der Waals surface area contributed by atoms with Gasteiger partial charge in [-0.15, -0.1) is 24.0 Å². The molecule has 1 atom stereocenters. The molecular weight excluding hydrogens is 461 g/mol. The molecule has 0 saturated carbocycles. The van der Waals surface area contributed by atoms with Gasteiger partial charge in [0.25, 0.3) is 0 Å². The van der Waals surface area contributed by atoms with E-state index < -0.39 is 0 Å². The van der Waals surface area contributed by atoms with Crippen molar-refractivity contribution >= 4 is 29.9 Å². The molecule has 0 saturated heterocycles. The Labute approximate surface area is 190 Å². The number of hydrogen-bond donors (Lipinski definition) is 2. The maximum atomic E-state index is 4.33. The van der Waals surface area contributed by atoms with Crippen LogP contribution in [-0.4, -0.2) is 68.6 Å². The Morgan fingerprint density at radius 1 is 0.964 bits per heavy atom. The van der Waals surface area contributed by atoms with Crippen LogP contribution >= 0.6 is 24.0 Å². The second-order valence-corrected chi connectivity index (χ2v) is 7.75. The van der Waals surface area contributed by atoms with Crippen LogP contribution in [0.1, 0.15) is 45.6 Å². The summed E-state index contributed by atoms with van der Waals surface area (Å²) in [6.07, 6.45) is 3.46. The molecule has 1 unspecified atom stereocenters. The molecule has 0 radical (unpaired) electrons. The Balaban J connectivity index is 0.00000729. The summed E-state index contributed by atoms with van der Waals surface area (Å²) in [7, 11) is 6.22. The van der Waals surface area contributed by atoms with E-state index in [2.05, 4.69) is 90.6 Å². The Morgan fingerprint density at radius 3 is 2.21 bits per heavy atom. The molecule has 162 valence electrons. The SMILES string of the molecule is CN=C(NCCCCN(C)C(C)C)NCCC(C)N(C)Cc1ccccc1.I.